The number of phenolic OH excluding ortho intramolecular Hbond substituents is 1. The third-order valence-electron chi connectivity index (χ3n) is 9.10. The fraction of sp³-hybridized carbons (Fsp3) is 0.567. The number of nitrogens with two attached hydrogens (primary N) is 1. The third-order valence-corrected chi connectivity index (χ3v) is 9.10. The van der Waals surface area contributed by atoms with Gasteiger partial charge < -0.3 is 31.1 Å². The Bertz CT molecular complexity index is 1330. The molecule has 5 unspecified atom stereocenters. The van der Waals surface area contributed by atoms with E-state index in [0.717, 1.165) is 24.9 Å². The number of aliphatic hydroxyl groups excluding tert-OH is 2. The first-order valence-corrected chi connectivity index (χ1v) is 13.9. The van der Waals surface area contributed by atoms with Crippen molar-refractivity contribution in [2.45, 2.75) is 64.0 Å². The SMILES string of the molecule is CCC(C)CCCc1cc(N(C)C)c2c(c1O)C(O)=C1C(=O)C3(O)C(O)=C(C(N)=O)C(=O)C(N(C)C)C3CC1C2. The van der Waals surface area contributed by atoms with E-state index in [1.165, 1.54) is 4.90 Å². The fourth-order valence-electron chi connectivity index (χ4n) is 6.78. The molecule has 1 saturated carbocycles. The van der Waals surface area contributed by atoms with Crippen molar-refractivity contribution in [1.82, 2.24) is 4.90 Å². The first-order valence-electron chi connectivity index (χ1n) is 13.9. The van der Waals surface area contributed by atoms with Crippen LogP contribution in [0.4, 0.5) is 5.69 Å². The number of amides is 1. The van der Waals surface area contributed by atoms with E-state index in [-0.39, 0.29) is 29.7 Å². The van der Waals surface area contributed by atoms with Crippen LogP contribution in [-0.2, 0) is 27.2 Å². The molecule has 0 aromatic heterocycles. The van der Waals surface area contributed by atoms with Crippen molar-refractivity contribution in [2.24, 2.45) is 23.5 Å². The number of aryl methyl sites for hydroxylation is 1. The number of fused-ring (bicyclic) bond motifs is 3. The molecule has 1 fully saturated rings. The Balaban J connectivity index is 1.90. The predicted molar refractivity (Wildman–Crippen MR) is 151 cm³/mol. The van der Waals surface area contributed by atoms with Crippen molar-refractivity contribution in [3.63, 3.8) is 0 Å². The van der Waals surface area contributed by atoms with Gasteiger partial charge in [0, 0.05) is 31.3 Å². The summed E-state index contributed by atoms with van der Waals surface area (Å²) in [7, 11) is 6.90. The summed E-state index contributed by atoms with van der Waals surface area (Å²) in [6.07, 6.45) is 3.78. The second-order valence-corrected chi connectivity index (χ2v) is 12.0. The molecule has 3 aliphatic carbocycles. The van der Waals surface area contributed by atoms with Crippen LogP contribution in [0, 0.1) is 17.8 Å². The Morgan fingerprint density at radius 1 is 1.18 bits per heavy atom. The standard InChI is InChI=1S/C30H41N3O7/c1-7-14(2)9-8-10-15-13-19(32(3)4)17-11-16-12-18-23(33(5)6)26(36)22(29(31)39)28(38)30(18,40)27(37)20(16)25(35)21(17)24(15)34/h13-14,16,18,23,34-35,38,40H,7-12H2,1-6H3,(H2,31,39). The van der Waals surface area contributed by atoms with Crippen LogP contribution in [0.5, 0.6) is 5.75 Å². The van der Waals surface area contributed by atoms with E-state index in [9.17, 15) is 34.8 Å². The minimum absolute atomic E-state index is 0.0655. The summed E-state index contributed by atoms with van der Waals surface area (Å²) >= 11 is 0. The fourth-order valence-corrected chi connectivity index (χ4v) is 6.78. The van der Waals surface area contributed by atoms with Gasteiger partial charge in [-0.2, -0.15) is 0 Å². The minimum atomic E-state index is -2.64. The number of phenols is 1. The van der Waals surface area contributed by atoms with Gasteiger partial charge in [-0.3, -0.25) is 19.3 Å². The van der Waals surface area contributed by atoms with Crippen LogP contribution < -0.4 is 10.6 Å². The first kappa shape index (κ1) is 29.6. The lowest BCUT2D eigenvalue weighted by Gasteiger charge is -2.50. The highest BCUT2D eigenvalue weighted by Gasteiger charge is 2.64. The molecular weight excluding hydrogens is 514 g/mol. The number of benzene rings is 1. The van der Waals surface area contributed by atoms with Gasteiger partial charge in [-0.15, -0.1) is 0 Å². The van der Waals surface area contributed by atoms with Crippen molar-refractivity contribution in [3.8, 4) is 5.75 Å². The Morgan fingerprint density at radius 2 is 1.82 bits per heavy atom. The van der Waals surface area contributed by atoms with Crippen LogP contribution in [0.1, 0.15) is 56.2 Å². The Labute approximate surface area is 234 Å². The molecule has 1 aromatic rings. The van der Waals surface area contributed by atoms with Crippen LogP contribution >= 0.6 is 0 Å². The number of hydrogen-bond donors (Lipinski definition) is 5. The topological polar surface area (TPSA) is 165 Å². The molecule has 0 radical (unpaired) electrons. The number of primary amides is 1. The number of anilines is 1. The quantitative estimate of drug-likeness (QED) is 0.303. The number of carbonyl (C=O) groups excluding carboxylic acids is 3. The molecular formula is C30H41N3O7. The highest BCUT2D eigenvalue weighted by atomic mass is 16.3. The average Bonchev–Trinajstić information content (AvgIpc) is 2.86. The summed E-state index contributed by atoms with van der Waals surface area (Å²) in [5.41, 5.74) is 4.05. The molecule has 10 nitrogen and oxygen atoms in total. The van der Waals surface area contributed by atoms with Crippen molar-refractivity contribution in [1.29, 1.82) is 0 Å². The summed E-state index contributed by atoms with van der Waals surface area (Å²) in [5.74, 6) is -5.82. The zero-order valence-corrected chi connectivity index (χ0v) is 24.1. The maximum atomic E-state index is 14.0. The van der Waals surface area contributed by atoms with Crippen LogP contribution in [0.25, 0.3) is 5.76 Å². The molecule has 40 heavy (non-hydrogen) atoms. The molecule has 0 aliphatic heterocycles. The molecule has 10 heteroatoms. The lowest BCUT2D eigenvalue weighted by Crippen LogP contribution is -2.65. The number of ketones is 2. The van der Waals surface area contributed by atoms with Gasteiger partial charge >= 0.3 is 0 Å². The van der Waals surface area contributed by atoms with Crippen molar-refractivity contribution in [2.75, 3.05) is 33.1 Å². The third kappa shape index (κ3) is 4.37. The average molecular weight is 556 g/mol. The number of carbonyl (C=O) groups is 3. The van der Waals surface area contributed by atoms with Gasteiger partial charge in [0.2, 0.25) is 5.78 Å². The predicted octanol–water partition coefficient (Wildman–Crippen LogP) is 2.40. The van der Waals surface area contributed by atoms with Gasteiger partial charge in [0.1, 0.15) is 22.8 Å². The Hall–Kier alpha value is -3.37. The summed E-state index contributed by atoms with van der Waals surface area (Å²) in [6.45, 7) is 4.31. The second-order valence-electron chi connectivity index (χ2n) is 12.0. The largest absolute Gasteiger partial charge is 0.508 e. The van der Waals surface area contributed by atoms with E-state index in [1.54, 1.807) is 14.1 Å². The molecule has 4 rings (SSSR count). The Kier molecular flexibility index (Phi) is 7.81. The smallest absolute Gasteiger partial charge is 0.255 e. The van der Waals surface area contributed by atoms with Gasteiger partial charge in [-0.1, -0.05) is 26.7 Å². The maximum absolute atomic E-state index is 14.0. The van der Waals surface area contributed by atoms with Crippen molar-refractivity contribution in [3.05, 3.63) is 39.7 Å². The number of likely N-dealkylation sites (N-methyl/N-ethyl adjacent to an activating group) is 1. The highest BCUT2D eigenvalue weighted by Crippen LogP contribution is 2.54. The molecule has 6 N–H and O–H groups in total. The van der Waals surface area contributed by atoms with Crippen LogP contribution in [0.15, 0.2) is 23.0 Å². The number of aromatic hydroxyl groups is 1. The first-order chi connectivity index (χ1) is 18.7. The second kappa shape index (κ2) is 10.6. The number of rotatable bonds is 8. The van der Waals surface area contributed by atoms with E-state index in [1.807, 2.05) is 25.1 Å². The van der Waals surface area contributed by atoms with E-state index in [2.05, 4.69) is 13.8 Å². The normalized spacial score (nSPS) is 26.9. The zero-order valence-electron chi connectivity index (χ0n) is 24.1. The molecule has 0 saturated heterocycles. The molecule has 218 valence electrons. The minimum Gasteiger partial charge on any atom is -0.508 e. The van der Waals surface area contributed by atoms with Gasteiger partial charge in [-0.05, 0) is 68.8 Å². The van der Waals surface area contributed by atoms with Crippen LogP contribution in [-0.4, -0.2) is 82.6 Å². The lowest BCUT2D eigenvalue weighted by atomic mass is 9.57. The van der Waals surface area contributed by atoms with E-state index < -0.39 is 58.0 Å². The summed E-state index contributed by atoms with van der Waals surface area (Å²) in [6, 6.07) is 0.817. The molecule has 1 aromatic carbocycles. The summed E-state index contributed by atoms with van der Waals surface area (Å²) in [4.78, 5) is 42.8. The maximum Gasteiger partial charge on any atom is 0.255 e. The Morgan fingerprint density at radius 3 is 2.38 bits per heavy atom. The summed E-state index contributed by atoms with van der Waals surface area (Å²) in [5, 5.41) is 45.7. The van der Waals surface area contributed by atoms with Crippen molar-refractivity contribution < 1.29 is 34.8 Å². The number of hydrogen-bond acceptors (Lipinski definition) is 9. The number of aliphatic hydroxyl groups is 3. The molecule has 0 bridgehead atoms. The number of Topliss-reactive ketones (excluding diaryl/α,β-unsaturated/α-hetero) is 2. The molecule has 0 heterocycles. The van der Waals surface area contributed by atoms with Crippen molar-refractivity contribution >= 4 is 28.9 Å². The number of nitrogens with zero attached hydrogens (tertiary/aromatic N) is 2. The molecule has 3 aliphatic rings. The molecule has 0 spiro atoms. The molecule has 1 amide bonds. The van der Waals surface area contributed by atoms with E-state index in [4.69, 9.17) is 5.73 Å². The van der Waals surface area contributed by atoms with Gasteiger partial charge in [-0.25, -0.2) is 0 Å². The van der Waals surface area contributed by atoms with Gasteiger partial charge in [0.15, 0.2) is 11.4 Å². The zero-order chi connectivity index (χ0) is 29.8. The van der Waals surface area contributed by atoms with Gasteiger partial charge in [0.25, 0.3) is 5.91 Å². The lowest BCUT2D eigenvalue weighted by molar-refractivity contribution is -0.153. The summed E-state index contributed by atoms with van der Waals surface area (Å²) < 4.78 is 0. The monoisotopic (exact) mass is 555 g/mol. The van der Waals surface area contributed by atoms with Crippen LogP contribution in [0.3, 0.4) is 0 Å². The highest BCUT2D eigenvalue weighted by molar-refractivity contribution is 6.24. The van der Waals surface area contributed by atoms with Gasteiger partial charge in [0.05, 0.1) is 11.6 Å². The van der Waals surface area contributed by atoms with E-state index in [0.29, 0.717) is 23.5 Å². The molecule has 5 atom stereocenters. The van der Waals surface area contributed by atoms with E-state index >= 15 is 0 Å². The van der Waals surface area contributed by atoms with Crippen LogP contribution in [0.2, 0.25) is 0 Å².